The molecule has 1 heterocycles. The lowest BCUT2D eigenvalue weighted by molar-refractivity contribution is 0.162. The van der Waals surface area contributed by atoms with Gasteiger partial charge in [0.25, 0.3) is 0 Å². The first kappa shape index (κ1) is 21.2. The Morgan fingerprint density at radius 3 is 2.92 bits per heavy atom. The summed E-state index contributed by atoms with van der Waals surface area (Å²) in [5.41, 5.74) is 8.38. The van der Waals surface area contributed by atoms with Crippen LogP contribution < -0.4 is 11.1 Å². The minimum Gasteiger partial charge on any atom is -0.370 e. The first-order valence-corrected chi connectivity index (χ1v) is 8.95. The minimum atomic E-state index is 0. The molecule has 1 atom stereocenters. The van der Waals surface area contributed by atoms with E-state index in [2.05, 4.69) is 54.2 Å². The van der Waals surface area contributed by atoms with Gasteiger partial charge in [0, 0.05) is 25.3 Å². The number of rotatable bonds is 6. The first-order valence-electron chi connectivity index (χ1n) is 8.95. The normalized spacial score (nSPS) is 19.2. The number of benzene rings is 1. The summed E-state index contributed by atoms with van der Waals surface area (Å²) >= 11 is 0. The van der Waals surface area contributed by atoms with Crippen molar-refractivity contribution in [1.29, 1.82) is 0 Å². The third kappa shape index (κ3) is 7.38. The summed E-state index contributed by atoms with van der Waals surface area (Å²) in [6.45, 7) is 11.1. The predicted octanol–water partition coefficient (Wildman–Crippen LogP) is 3.96. The third-order valence-electron chi connectivity index (χ3n) is 4.35. The molecule has 5 heteroatoms. The molecule has 1 aliphatic rings. The van der Waals surface area contributed by atoms with E-state index < -0.39 is 0 Å². The number of hydrogen-bond acceptors (Lipinski definition) is 2. The number of nitrogens with one attached hydrogen (secondary N) is 1. The van der Waals surface area contributed by atoms with Crippen molar-refractivity contribution in [2.45, 2.75) is 40.0 Å². The maximum Gasteiger partial charge on any atom is 0.193 e. The van der Waals surface area contributed by atoms with Crippen LogP contribution in [0.1, 0.15) is 39.2 Å². The van der Waals surface area contributed by atoms with Crippen molar-refractivity contribution in [2.75, 3.05) is 31.5 Å². The molecule has 2 rings (SSSR count). The van der Waals surface area contributed by atoms with E-state index in [0.29, 0.717) is 11.9 Å². The van der Waals surface area contributed by atoms with Crippen LogP contribution in [0.5, 0.6) is 0 Å². The number of aryl methyl sites for hydroxylation is 1. The SMILES string of the molecule is CCc1cccc(NC(N)=NCC2CCCN(CC(C)C)C2)c1.I. The summed E-state index contributed by atoms with van der Waals surface area (Å²) in [5.74, 6) is 1.89. The molecule has 1 aliphatic heterocycles. The van der Waals surface area contributed by atoms with Crippen molar-refractivity contribution in [3.8, 4) is 0 Å². The number of nitrogens with two attached hydrogens (primary N) is 1. The molecule has 1 fully saturated rings. The summed E-state index contributed by atoms with van der Waals surface area (Å²) in [7, 11) is 0. The van der Waals surface area contributed by atoms with Crippen molar-refractivity contribution in [3.63, 3.8) is 0 Å². The van der Waals surface area contributed by atoms with Gasteiger partial charge < -0.3 is 16.0 Å². The Balaban J connectivity index is 0.00000288. The van der Waals surface area contributed by atoms with E-state index in [0.717, 1.165) is 31.1 Å². The number of hydrogen-bond donors (Lipinski definition) is 2. The van der Waals surface area contributed by atoms with Crippen LogP contribution in [-0.4, -0.2) is 37.0 Å². The van der Waals surface area contributed by atoms with Gasteiger partial charge in [-0.05, 0) is 55.3 Å². The molecule has 1 aromatic rings. The summed E-state index contributed by atoms with van der Waals surface area (Å²) in [6.07, 6.45) is 3.57. The smallest absolute Gasteiger partial charge is 0.193 e. The predicted molar refractivity (Wildman–Crippen MR) is 115 cm³/mol. The number of nitrogens with zero attached hydrogens (tertiary/aromatic N) is 2. The maximum absolute atomic E-state index is 6.06. The van der Waals surface area contributed by atoms with Crippen LogP contribution in [-0.2, 0) is 6.42 Å². The lowest BCUT2D eigenvalue weighted by Gasteiger charge is -2.33. The van der Waals surface area contributed by atoms with Crippen LogP contribution in [0, 0.1) is 11.8 Å². The average molecular weight is 444 g/mol. The zero-order valence-electron chi connectivity index (χ0n) is 15.3. The second-order valence-electron chi connectivity index (χ2n) is 7.07. The minimum absolute atomic E-state index is 0. The second-order valence-corrected chi connectivity index (χ2v) is 7.07. The molecule has 0 saturated carbocycles. The largest absolute Gasteiger partial charge is 0.370 e. The van der Waals surface area contributed by atoms with Crippen molar-refractivity contribution >= 4 is 35.6 Å². The van der Waals surface area contributed by atoms with Gasteiger partial charge in [0.1, 0.15) is 0 Å². The van der Waals surface area contributed by atoms with Crippen molar-refractivity contribution in [3.05, 3.63) is 29.8 Å². The summed E-state index contributed by atoms with van der Waals surface area (Å²) in [5, 5.41) is 3.21. The zero-order valence-corrected chi connectivity index (χ0v) is 17.6. The highest BCUT2D eigenvalue weighted by molar-refractivity contribution is 14.0. The average Bonchev–Trinajstić information content (AvgIpc) is 2.53. The van der Waals surface area contributed by atoms with Crippen molar-refractivity contribution < 1.29 is 0 Å². The summed E-state index contributed by atoms with van der Waals surface area (Å²) in [4.78, 5) is 7.14. The van der Waals surface area contributed by atoms with Gasteiger partial charge >= 0.3 is 0 Å². The lowest BCUT2D eigenvalue weighted by Crippen LogP contribution is -2.39. The highest BCUT2D eigenvalue weighted by Crippen LogP contribution is 2.18. The molecule has 136 valence electrons. The van der Waals surface area contributed by atoms with Crippen LogP contribution in [0.2, 0.25) is 0 Å². The Morgan fingerprint density at radius 1 is 1.42 bits per heavy atom. The maximum atomic E-state index is 6.06. The number of piperidine rings is 1. The van der Waals surface area contributed by atoms with Gasteiger partial charge in [0.15, 0.2) is 5.96 Å². The highest BCUT2D eigenvalue weighted by Gasteiger charge is 2.20. The molecule has 0 aromatic heterocycles. The molecule has 0 amide bonds. The first-order chi connectivity index (χ1) is 11.1. The second kappa shape index (κ2) is 10.9. The number of anilines is 1. The molecule has 24 heavy (non-hydrogen) atoms. The summed E-state index contributed by atoms with van der Waals surface area (Å²) in [6, 6.07) is 8.35. The van der Waals surface area contributed by atoms with E-state index in [-0.39, 0.29) is 24.0 Å². The molecule has 0 bridgehead atoms. The Hall–Kier alpha value is -0.820. The Kier molecular flexibility index (Phi) is 9.66. The summed E-state index contributed by atoms with van der Waals surface area (Å²) < 4.78 is 0. The van der Waals surface area contributed by atoms with E-state index in [1.54, 1.807) is 0 Å². The lowest BCUT2D eigenvalue weighted by atomic mass is 9.97. The molecule has 0 spiro atoms. The third-order valence-corrected chi connectivity index (χ3v) is 4.35. The highest BCUT2D eigenvalue weighted by atomic mass is 127. The standard InChI is InChI=1S/C19H32N4.HI/c1-4-16-7-5-9-18(11-16)22-19(20)21-12-17-8-6-10-23(14-17)13-15(2)3;/h5,7,9,11,15,17H,4,6,8,10,12-14H2,1-3H3,(H3,20,21,22);1H. The van der Waals surface area contributed by atoms with Gasteiger partial charge in [-0.15, -0.1) is 24.0 Å². The van der Waals surface area contributed by atoms with Gasteiger partial charge in [-0.25, -0.2) is 0 Å². The number of likely N-dealkylation sites (tertiary alicyclic amines) is 1. The van der Waals surface area contributed by atoms with Gasteiger partial charge in [-0.1, -0.05) is 32.9 Å². The molecular formula is C19H33IN4. The van der Waals surface area contributed by atoms with Crippen LogP contribution >= 0.6 is 24.0 Å². The van der Waals surface area contributed by atoms with Gasteiger partial charge in [0.2, 0.25) is 0 Å². The van der Waals surface area contributed by atoms with E-state index in [9.17, 15) is 0 Å². The van der Waals surface area contributed by atoms with Gasteiger partial charge in [-0.3, -0.25) is 4.99 Å². The molecule has 0 radical (unpaired) electrons. The van der Waals surface area contributed by atoms with E-state index in [1.165, 1.54) is 31.5 Å². The molecule has 1 saturated heterocycles. The van der Waals surface area contributed by atoms with E-state index >= 15 is 0 Å². The molecule has 4 nitrogen and oxygen atoms in total. The van der Waals surface area contributed by atoms with E-state index in [4.69, 9.17) is 5.73 Å². The van der Waals surface area contributed by atoms with Gasteiger partial charge in [-0.2, -0.15) is 0 Å². The fourth-order valence-corrected chi connectivity index (χ4v) is 3.27. The molecule has 1 aromatic carbocycles. The number of guanidine groups is 1. The quantitative estimate of drug-likeness (QED) is 0.397. The van der Waals surface area contributed by atoms with Crippen molar-refractivity contribution in [1.82, 2.24) is 4.90 Å². The number of aliphatic imine (C=N–C) groups is 1. The molecule has 3 N–H and O–H groups in total. The zero-order chi connectivity index (χ0) is 16.7. The monoisotopic (exact) mass is 444 g/mol. The topological polar surface area (TPSA) is 53.6 Å². The van der Waals surface area contributed by atoms with Gasteiger partial charge in [0.05, 0.1) is 0 Å². The Bertz CT molecular complexity index is 516. The Morgan fingerprint density at radius 2 is 2.21 bits per heavy atom. The van der Waals surface area contributed by atoms with Crippen LogP contribution in [0.15, 0.2) is 29.3 Å². The van der Waals surface area contributed by atoms with Crippen LogP contribution in [0.3, 0.4) is 0 Å². The molecule has 1 unspecified atom stereocenters. The van der Waals surface area contributed by atoms with Crippen molar-refractivity contribution in [2.24, 2.45) is 22.6 Å². The number of halogens is 1. The van der Waals surface area contributed by atoms with E-state index in [1.807, 2.05) is 6.07 Å². The Labute approximate surface area is 164 Å². The fraction of sp³-hybridized carbons (Fsp3) is 0.632. The van der Waals surface area contributed by atoms with Crippen LogP contribution in [0.4, 0.5) is 5.69 Å². The molecule has 0 aliphatic carbocycles. The van der Waals surface area contributed by atoms with Crippen LogP contribution in [0.25, 0.3) is 0 Å². The fourth-order valence-electron chi connectivity index (χ4n) is 3.27. The molecular weight excluding hydrogens is 411 g/mol.